The van der Waals surface area contributed by atoms with Gasteiger partial charge < -0.3 is 14.8 Å². The quantitative estimate of drug-likeness (QED) is 0.766. The SMILES string of the molecule is COC1CCC(NC(C)C(=O)OC(C)(C)C)C1. The molecule has 0 aromatic carbocycles. The number of ether oxygens (including phenoxy) is 2. The van der Waals surface area contributed by atoms with E-state index in [0.29, 0.717) is 12.1 Å². The third-order valence-corrected chi connectivity index (χ3v) is 2.96. The Morgan fingerprint density at radius 3 is 2.47 bits per heavy atom. The second-order valence-electron chi connectivity index (χ2n) is 5.79. The van der Waals surface area contributed by atoms with Gasteiger partial charge in [0, 0.05) is 13.2 Å². The number of esters is 1. The van der Waals surface area contributed by atoms with Crippen molar-refractivity contribution >= 4 is 5.97 Å². The molecule has 4 heteroatoms. The molecule has 3 unspecified atom stereocenters. The molecule has 1 aliphatic carbocycles. The van der Waals surface area contributed by atoms with E-state index in [-0.39, 0.29) is 12.0 Å². The lowest BCUT2D eigenvalue weighted by Crippen LogP contribution is -2.43. The van der Waals surface area contributed by atoms with Crippen molar-refractivity contribution in [3.05, 3.63) is 0 Å². The fourth-order valence-electron chi connectivity index (χ4n) is 2.12. The molecule has 0 aromatic heterocycles. The van der Waals surface area contributed by atoms with Gasteiger partial charge in [-0.1, -0.05) is 0 Å². The summed E-state index contributed by atoms with van der Waals surface area (Å²) in [6.45, 7) is 7.50. The zero-order valence-electron chi connectivity index (χ0n) is 11.6. The first kappa shape index (κ1) is 14.5. The Labute approximate surface area is 104 Å². The third kappa shape index (κ3) is 5.04. The lowest BCUT2D eigenvalue weighted by molar-refractivity contribution is -0.157. The van der Waals surface area contributed by atoms with Crippen LogP contribution in [0, 0.1) is 0 Å². The first-order valence-electron chi connectivity index (χ1n) is 6.33. The highest BCUT2D eigenvalue weighted by Crippen LogP contribution is 2.22. The molecule has 0 radical (unpaired) electrons. The summed E-state index contributed by atoms with van der Waals surface area (Å²) in [5.74, 6) is -0.182. The molecule has 1 fully saturated rings. The van der Waals surface area contributed by atoms with E-state index >= 15 is 0 Å². The number of carbonyl (C=O) groups excluding carboxylic acids is 1. The van der Waals surface area contributed by atoms with Gasteiger partial charge in [0.25, 0.3) is 0 Å². The molecule has 0 aromatic rings. The van der Waals surface area contributed by atoms with Gasteiger partial charge in [0.1, 0.15) is 11.6 Å². The van der Waals surface area contributed by atoms with Gasteiger partial charge in [0.15, 0.2) is 0 Å². The number of rotatable bonds is 4. The van der Waals surface area contributed by atoms with Gasteiger partial charge in [0.05, 0.1) is 6.10 Å². The highest BCUT2D eigenvalue weighted by atomic mass is 16.6. The minimum Gasteiger partial charge on any atom is -0.459 e. The highest BCUT2D eigenvalue weighted by molar-refractivity contribution is 5.75. The highest BCUT2D eigenvalue weighted by Gasteiger charge is 2.28. The lowest BCUT2D eigenvalue weighted by atomic mass is 10.2. The van der Waals surface area contributed by atoms with Crippen LogP contribution in [0.5, 0.6) is 0 Å². The van der Waals surface area contributed by atoms with Crippen molar-refractivity contribution in [1.82, 2.24) is 5.32 Å². The molecule has 0 bridgehead atoms. The van der Waals surface area contributed by atoms with Gasteiger partial charge in [-0.2, -0.15) is 0 Å². The molecule has 1 rings (SSSR count). The number of hydrogen-bond acceptors (Lipinski definition) is 4. The van der Waals surface area contributed by atoms with Crippen molar-refractivity contribution in [2.45, 2.75) is 70.7 Å². The molecule has 0 aliphatic heterocycles. The summed E-state index contributed by atoms with van der Waals surface area (Å²) in [7, 11) is 1.74. The van der Waals surface area contributed by atoms with Crippen LogP contribution in [0.3, 0.4) is 0 Å². The van der Waals surface area contributed by atoms with Crippen LogP contribution >= 0.6 is 0 Å². The minimum atomic E-state index is -0.419. The van der Waals surface area contributed by atoms with Gasteiger partial charge in [-0.15, -0.1) is 0 Å². The predicted molar refractivity (Wildman–Crippen MR) is 66.9 cm³/mol. The molecule has 100 valence electrons. The average Bonchev–Trinajstić information content (AvgIpc) is 2.62. The molecule has 0 heterocycles. The maximum atomic E-state index is 11.8. The number of carbonyl (C=O) groups is 1. The van der Waals surface area contributed by atoms with Crippen molar-refractivity contribution in [3.63, 3.8) is 0 Å². The van der Waals surface area contributed by atoms with Crippen molar-refractivity contribution in [2.24, 2.45) is 0 Å². The topological polar surface area (TPSA) is 47.6 Å². The summed E-state index contributed by atoms with van der Waals surface area (Å²) in [6, 6.07) is 0.109. The van der Waals surface area contributed by atoms with Crippen LogP contribution in [0.1, 0.15) is 47.0 Å². The van der Waals surface area contributed by atoms with Crippen LogP contribution in [-0.4, -0.2) is 36.9 Å². The normalized spacial score (nSPS) is 26.9. The molecule has 1 aliphatic rings. The summed E-state index contributed by atoms with van der Waals surface area (Å²) >= 11 is 0. The van der Waals surface area contributed by atoms with Crippen LogP contribution < -0.4 is 5.32 Å². The zero-order valence-corrected chi connectivity index (χ0v) is 11.6. The predicted octanol–water partition coefficient (Wildman–Crippen LogP) is 1.87. The van der Waals surface area contributed by atoms with Crippen molar-refractivity contribution < 1.29 is 14.3 Å². The summed E-state index contributed by atoms with van der Waals surface area (Å²) in [5, 5.41) is 3.31. The number of nitrogens with one attached hydrogen (secondary N) is 1. The molecule has 1 N–H and O–H groups in total. The molecule has 0 amide bonds. The summed E-state index contributed by atoms with van der Waals surface area (Å²) in [5.41, 5.74) is -0.419. The van der Waals surface area contributed by atoms with Gasteiger partial charge in [-0.3, -0.25) is 4.79 Å². The second kappa shape index (κ2) is 5.83. The van der Waals surface area contributed by atoms with E-state index in [4.69, 9.17) is 9.47 Å². The molecule has 17 heavy (non-hydrogen) atoms. The fraction of sp³-hybridized carbons (Fsp3) is 0.923. The van der Waals surface area contributed by atoms with E-state index in [2.05, 4.69) is 5.32 Å². The molecule has 0 saturated heterocycles. The number of methoxy groups -OCH3 is 1. The van der Waals surface area contributed by atoms with Gasteiger partial charge in [0.2, 0.25) is 0 Å². The van der Waals surface area contributed by atoms with Crippen LogP contribution in [-0.2, 0) is 14.3 Å². The Hall–Kier alpha value is -0.610. The van der Waals surface area contributed by atoms with Crippen molar-refractivity contribution in [3.8, 4) is 0 Å². The Balaban J connectivity index is 2.34. The Morgan fingerprint density at radius 2 is 2.00 bits per heavy atom. The molecule has 4 nitrogen and oxygen atoms in total. The van der Waals surface area contributed by atoms with E-state index in [0.717, 1.165) is 19.3 Å². The van der Waals surface area contributed by atoms with Gasteiger partial charge >= 0.3 is 5.97 Å². The van der Waals surface area contributed by atoms with Crippen LogP contribution in [0.15, 0.2) is 0 Å². The van der Waals surface area contributed by atoms with Crippen LogP contribution in [0.4, 0.5) is 0 Å². The monoisotopic (exact) mass is 243 g/mol. The Kier molecular flexibility index (Phi) is 4.95. The van der Waals surface area contributed by atoms with Crippen molar-refractivity contribution in [1.29, 1.82) is 0 Å². The average molecular weight is 243 g/mol. The standard InChI is InChI=1S/C13H25NO3/c1-9(12(15)17-13(2,3)4)14-10-6-7-11(8-10)16-5/h9-11,14H,6-8H2,1-5H3. The van der Waals surface area contributed by atoms with Crippen molar-refractivity contribution in [2.75, 3.05) is 7.11 Å². The molecular weight excluding hydrogens is 218 g/mol. The second-order valence-corrected chi connectivity index (χ2v) is 5.79. The van der Waals surface area contributed by atoms with Crippen LogP contribution in [0.2, 0.25) is 0 Å². The van der Waals surface area contributed by atoms with Crippen LogP contribution in [0.25, 0.3) is 0 Å². The first-order chi connectivity index (χ1) is 7.81. The van der Waals surface area contributed by atoms with E-state index < -0.39 is 5.60 Å². The van der Waals surface area contributed by atoms with E-state index in [9.17, 15) is 4.79 Å². The summed E-state index contributed by atoms with van der Waals surface area (Å²) in [6.07, 6.45) is 3.43. The lowest BCUT2D eigenvalue weighted by Gasteiger charge is -2.24. The molecule has 0 spiro atoms. The van der Waals surface area contributed by atoms with Gasteiger partial charge in [-0.25, -0.2) is 0 Å². The Morgan fingerprint density at radius 1 is 1.35 bits per heavy atom. The maximum absolute atomic E-state index is 11.8. The molecule has 1 saturated carbocycles. The largest absolute Gasteiger partial charge is 0.459 e. The smallest absolute Gasteiger partial charge is 0.323 e. The summed E-state index contributed by atoms with van der Waals surface area (Å²) < 4.78 is 10.6. The first-order valence-corrected chi connectivity index (χ1v) is 6.33. The fourth-order valence-corrected chi connectivity index (χ4v) is 2.12. The maximum Gasteiger partial charge on any atom is 0.323 e. The van der Waals surface area contributed by atoms with E-state index in [1.165, 1.54) is 0 Å². The minimum absolute atomic E-state index is 0.182. The zero-order chi connectivity index (χ0) is 13.1. The summed E-state index contributed by atoms with van der Waals surface area (Å²) in [4.78, 5) is 11.8. The van der Waals surface area contributed by atoms with E-state index in [1.54, 1.807) is 7.11 Å². The van der Waals surface area contributed by atoms with Gasteiger partial charge in [-0.05, 0) is 47.0 Å². The van der Waals surface area contributed by atoms with E-state index in [1.807, 2.05) is 27.7 Å². The third-order valence-electron chi connectivity index (χ3n) is 2.96. The molecule has 3 atom stereocenters. The Bertz CT molecular complexity index is 260. The molecular formula is C13H25NO3. The number of hydrogen-bond donors (Lipinski definition) is 1.